The van der Waals surface area contributed by atoms with Crippen LogP contribution in [0.2, 0.25) is 0 Å². The Morgan fingerprint density at radius 2 is 1.28 bits per heavy atom. The first-order valence-corrected chi connectivity index (χ1v) is 5.75. The number of aliphatic hydroxyl groups is 1. The first-order chi connectivity index (χ1) is 8.70. The van der Waals surface area contributed by atoms with Gasteiger partial charge in [0, 0.05) is 16.7 Å². The van der Waals surface area contributed by atoms with Crippen molar-refractivity contribution in [1.29, 1.82) is 0 Å². The van der Waals surface area contributed by atoms with Crippen molar-refractivity contribution in [1.82, 2.24) is 0 Å². The normalized spacial score (nSPS) is 11.8. The van der Waals surface area contributed by atoms with E-state index >= 15 is 0 Å². The number of aliphatic hydroxyl groups excluding tert-OH is 1. The largest absolute Gasteiger partial charge is 0.507 e. The van der Waals surface area contributed by atoms with Crippen LogP contribution in [0, 0.1) is 0 Å². The van der Waals surface area contributed by atoms with Gasteiger partial charge in [-0.3, -0.25) is 4.79 Å². The molecule has 0 atom stereocenters. The molecule has 0 unspecified atom stereocenters. The lowest BCUT2D eigenvalue weighted by Gasteiger charge is -2.06. The summed E-state index contributed by atoms with van der Waals surface area (Å²) in [5, 5.41) is 10.1. The van der Waals surface area contributed by atoms with Crippen LogP contribution in [0.25, 0.3) is 5.76 Å². The molecule has 2 rings (SSSR count). The number of benzene rings is 2. The summed E-state index contributed by atoms with van der Waals surface area (Å²) in [6.45, 7) is 1.64. The Morgan fingerprint density at radius 3 is 1.78 bits per heavy atom. The molecule has 0 amide bonds. The van der Waals surface area contributed by atoms with Gasteiger partial charge in [-0.05, 0) is 6.92 Å². The maximum absolute atomic E-state index is 12.1. The zero-order chi connectivity index (χ0) is 13.0. The Hall–Kier alpha value is -2.35. The highest BCUT2D eigenvalue weighted by Gasteiger charge is 2.13. The molecule has 2 heteroatoms. The Balaban J connectivity index is 2.37. The van der Waals surface area contributed by atoms with Crippen LogP contribution < -0.4 is 0 Å². The van der Waals surface area contributed by atoms with Crippen LogP contribution in [-0.2, 0) is 0 Å². The minimum atomic E-state index is -0.156. The molecule has 0 aromatic heterocycles. The molecule has 1 N–H and O–H groups in total. The second kappa shape index (κ2) is 5.32. The number of allylic oxidation sites excluding steroid dienone is 1. The quantitative estimate of drug-likeness (QED) is 0.501. The highest BCUT2D eigenvalue weighted by atomic mass is 16.3. The van der Waals surface area contributed by atoms with E-state index in [4.69, 9.17) is 0 Å². The molecule has 2 aromatic rings. The van der Waals surface area contributed by atoms with Crippen LogP contribution >= 0.6 is 0 Å². The van der Waals surface area contributed by atoms with Gasteiger partial charge in [-0.2, -0.15) is 0 Å². The lowest BCUT2D eigenvalue weighted by Crippen LogP contribution is -2.03. The first-order valence-electron chi connectivity index (χ1n) is 5.75. The summed E-state index contributed by atoms with van der Waals surface area (Å²) < 4.78 is 0. The summed E-state index contributed by atoms with van der Waals surface area (Å²) in [4.78, 5) is 12.1. The minimum absolute atomic E-state index is 0.0319. The van der Waals surface area contributed by atoms with Crippen LogP contribution in [-0.4, -0.2) is 10.9 Å². The van der Waals surface area contributed by atoms with E-state index in [1.54, 1.807) is 43.3 Å². The Bertz CT molecular complexity index is 569. The van der Waals surface area contributed by atoms with E-state index in [0.29, 0.717) is 16.7 Å². The van der Waals surface area contributed by atoms with Gasteiger partial charge in [0.05, 0.1) is 0 Å². The Labute approximate surface area is 106 Å². The van der Waals surface area contributed by atoms with E-state index in [-0.39, 0.29) is 11.5 Å². The lowest BCUT2D eigenvalue weighted by atomic mass is 10.0. The van der Waals surface area contributed by atoms with Crippen molar-refractivity contribution in [2.45, 2.75) is 6.92 Å². The van der Waals surface area contributed by atoms with Crippen molar-refractivity contribution < 1.29 is 9.90 Å². The van der Waals surface area contributed by atoms with Gasteiger partial charge in [0.15, 0.2) is 5.78 Å². The fourth-order valence-corrected chi connectivity index (χ4v) is 1.73. The number of rotatable bonds is 3. The number of carbonyl (C=O) groups excluding carboxylic acids is 1. The maximum atomic E-state index is 12.1. The van der Waals surface area contributed by atoms with Crippen LogP contribution in [0.1, 0.15) is 22.8 Å². The maximum Gasteiger partial charge on any atom is 0.192 e. The molecule has 2 nitrogen and oxygen atoms in total. The van der Waals surface area contributed by atoms with E-state index in [9.17, 15) is 9.90 Å². The number of hydrogen-bond acceptors (Lipinski definition) is 2. The predicted octanol–water partition coefficient (Wildman–Crippen LogP) is 3.86. The van der Waals surface area contributed by atoms with E-state index in [1.807, 2.05) is 24.3 Å². The van der Waals surface area contributed by atoms with Crippen LogP contribution in [0.4, 0.5) is 0 Å². The van der Waals surface area contributed by atoms with Crippen molar-refractivity contribution in [3.63, 3.8) is 0 Å². The summed E-state index contributed by atoms with van der Waals surface area (Å²) in [6.07, 6.45) is 0. The molecule has 0 aliphatic heterocycles. The summed E-state index contributed by atoms with van der Waals surface area (Å²) in [5.74, 6) is -0.124. The first kappa shape index (κ1) is 12.1. The molecule has 0 bridgehead atoms. The second-order valence-corrected chi connectivity index (χ2v) is 4.03. The SMILES string of the molecule is CC(C(=O)c1ccccc1)=C(O)c1ccccc1. The van der Waals surface area contributed by atoms with Crippen molar-refractivity contribution in [3.8, 4) is 0 Å². The predicted molar refractivity (Wildman–Crippen MR) is 72.4 cm³/mol. The van der Waals surface area contributed by atoms with Gasteiger partial charge in [-0.1, -0.05) is 60.7 Å². The van der Waals surface area contributed by atoms with Gasteiger partial charge in [0.1, 0.15) is 5.76 Å². The fourth-order valence-electron chi connectivity index (χ4n) is 1.73. The summed E-state index contributed by atoms with van der Waals surface area (Å²) in [7, 11) is 0. The number of carbonyl (C=O) groups is 1. The van der Waals surface area contributed by atoms with Gasteiger partial charge in [0.25, 0.3) is 0 Å². The van der Waals surface area contributed by atoms with Gasteiger partial charge in [-0.15, -0.1) is 0 Å². The molecule has 0 heterocycles. The van der Waals surface area contributed by atoms with Crippen LogP contribution in [0.5, 0.6) is 0 Å². The third-order valence-corrected chi connectivity index (χ3v) is 2.78. The van der Waals surface area contributed by atoms with E-state index < -0.39 is 0 Å². The van der Waals surface area contributed by atoms with E-state index in [2.05, 4.69) is 0 Å². The number of ketones is 1. The molecule has 18 heavy (non-hydrogen) atoms. The molecule has 0 saturated heterocycles. The molecule has 0 spiro atoms. The molecular formula is C16H14O2. The van der Waals surface area contributed by atoms with Crippen molar-refractivity contribution in [2.75, 3.05) is 0 Å². The van der Waals surface area contributed by atoms with Crippen molar-refractivity contribution in [3.05, 3.63) is 77.4 Å². The van der Waals surface area contributed by atoms with E-state index in [0.717, 1.165) is 0 Å². The third-order valence-electron chi connectivity index (χ3n) is 2.78. The third kappa shape index (κ3) is 2.48. The van der Waals surface area contributed by atoms with Gasteiger partial charge >= 0.3 is 0 Å². The topological polar surface area (TPSA) is 37.3 Å². The zero-order valence-electron chi connectivity index (χ0n) is 10.1. The summed E-state index contributed by atoms with van der Waals surface area (Å²) >= 11 is 0. The molecular weight excluding hydrogens is 224 g/mol. The molecule has 0 radical (unpaired) electrons. The summed E-state index contributed by atoms with van der Waals surface area (Å²) in [5.41, 5.74) is 1.59. The molecule has 90 valence electrons. The number of Topliss-reactive ketones (excluding diaryl/α,β-unsaturated/α-hetero) is 1. The average molecular weight is 238 g/mol. The highest BCUT2D eigenvalue weighted by molar-refractivity contribution is 6.11. The minimum Gasteiger partial charge on any atom is -0.507 e. The van der Waals surface area contributed by atoms with E-state index in [1.165, 1.54) is 0 Å². The van der Waals surface area contributed by atoms with Gasteiger partial charge < -0.3 is 5.11 Å². The number of hydrogen-bond donors (Lipinski definition) is 1. The highest BCUT2D eigenvalue weighted by Crippen LogP contribution is 2.18. The molecule has 0 aliphatic carbocycles. The van der Waals surface area contributed by atoms with Crippen molar-refractivity contribution in [2.24, 2.45) is 0 Å². The monoisotopic (exact) mass is 238 g/mol. The van der Waals surface area contributed by atoms with Gasteiger partial charge in [-0.25, -0.2) is 0 Å². The Morgan fingerprint density at radius 1 is 0.833 bits per heavy atom. The van der Waals surface area contributed by atoms with Crippen molar-refractivity contribution >= 4 is 11.5 Å². The Kier molecular flexibility index (Phi) is 3.58. The smallest absolute Gasteiger partial charge is 0.192 e. The summed E-state index contributed by atoms with van der Waals surface area (Å²) in [6, 6.07) is 18.0. The lowest BCUT2D eigenvalue weighted by molar-refractivity contribution is 0.103. The molecule has 0 fully saturated rings. The average Bonchev–Trinajstić information content (AvgIpc) is 2.47. The van der Waals surface area contributed by atoms with Gasteiger partial charge in [0.2, 0.25) is 0 Å². The fraction of sp³-hybridized carbons (Fsp3) is 0.0625. The molecule has 2 aromatic carbocycles. The molecule has 0 saturated carbocycles. The van der Waals surface area contributed by atoms with Crippen LogP contribution in [0.3, 0.4) is 0 Å². The molecule has 0 aliphatic rings. The van der Waals surface area contributed by atoms with Crippen LogP contribution in [0.15, 0.2) is 66.2 Å². The standard InChI is InChI=1S/C16H14O2/c1-12(15(17)13-8-4-2-5-9-13)16(18)14-10-6-3-7-11-14/h2-11,17H,1H3. The zero-order valence-corrected chi connectivity index (χ0v) is 10.1. The second-order valence-electron chi connectivity index (χ2n) is 4.03.